The maximum absolute atomic E-state index is 4.30. The van der Waals surface area contributed by atoms with E-state index in [1.807, 2.05) is 24.3 Å². The molecule has 0 saturated heterocycles. The van der Waals surface area contributed by atoms with E-state index in [0.717, 1.165) is 27.7 Å². The molecule has 0 spiro atoms. The number of benzene rings is 1. The number of thiophene rings is 1. The maximum atomic E-state index is 4.30. The molecule has 0 saturated carbocycles. The number of nitrogens with one attached hydrogen (secondary N) is 1. The average Bonchev–Trinajstić information content (AvgIpc) is 2.82. The minimum absolute atomic E-state index is 0.775. The van der Waals surface area contributed by atoms with Gasteiger partial charge in [0.2, 0.25) is 0 Å². The predicted molar refractivity (Wildman–Crippen MR) is 78.9 cm³/mol. The van der Waals surface area contributed by atoms with Gasteiger partial charge in [-0.3, -0.25) is 0 Å². The van der Waals surface area contributed by atoms with Crippen LogP contribution in [-0.4, -0.2) is 9.97 Å². The molecular weight excluding hydrogens is 310 g/mol. The fourth-order valence-corrected chi connectivity index (χ4v) is 3.15. The summed E-state index contributed by atoms with van der Waals surface area (Å²) < 4.78 is 1.12. The van der Waals surface area contributed by atoms with Crippen molar-refractivity contribution in [2.75, 3.05) is 5.32 Å². The lowest BCUT2D eigenvalue weighted by atomic mass is 10.2. The third-order valence-electron chi connectivity index (χ3n) is 2.59. The van der Waals surface area contributed by atoms with Crippen LogP contribution >= 0.6 is 27.3 Å². The van der Waals surface area contributed by atoms with Crippen LogP contribution in [0.3, 0.4) is 0 Å². The van der Waals surface area contributed by atoms with Gasteiger partial charge in [0, 0.05) is 20.1 Å². The Hall–Kier alpha value is -1.46. The van der Waals surface area contributed by atoms with Crippen LogP contribution in [0.2, 0.25) is 0 Å². The molecular formula is C13H10BrN3S. The molecule has 0 radical (unpaired) electrons. The first-order valence-corrected chi connectivity index (χ1v) is 7.17. The van der Waals surface area contributed by atoms with Crippen molar-refractivity contribution < 1.29 is 0 Å². The Morgan fingerprint density at radius 3 is 2.94 bits per heavy atom. The van der Waals surface area contributed by atoms with Crippen molar-refractivity contribution in [3.8, 4) is 0 Å². The van der Waals surface area contributed by atoms with Crippen LogP contribution in [0.15, 0.2) is 46.5 Å². The minimum Gasteiger partial charge on any atom is -0.365 e. The zero-order chi connectivity index (χ0) is 12.4. The Morgan fingerprint density at radius 2 is 2.11 bits per heavy atom. The molecule has 0 fully saturated rings. The summed E-state index contributed by atoms with van der Waals surface area (Å²) in [6.07, 6.45) is 1.59. The summed E-state index contributed by atoms with van der Waals surface area (Å²) >= 11 is 5.18. The molecule has 0 unspecified atom stereocenters. The number of hydrogen-bond donors (Lipinski definition) is 1. The highest BCUT2D eigenvalue weighted by Crippen LogP contribution is 2.22. The van der Waals surface area contributed by atoms with Gasteiger partial charge in [-0.1, -0.05) is 12.1 Å². The first-order chi connectivity index (χ1) is 8.83. The third kappa shape index (κ3) is 2.37. The van der Waals surface area contributed by atoms with E-state index in [0.29, 0.717) is 0 Å². The van der Waals surface area contributed by atoms with Gasteiger partial charge in [0.05, 0.1) is 12.1 Å². The molecule has 2 aromatic heterocycles. The molecule has 0 bridgehead atoms. The van der Waals surface area contributed by atoms with Crippen LogP contribution in [0, 0.1) is 0 Å². The van der Waals surface area contributed by atoms with Crippen LogP contribution < -0.4 is 5.32 Å². The van der Waals surface area contributed by atoms with Crippen LogP contribution in [0.25, 0.3) is 10.9 Å². The molecule has 3 aromatic rings. The summed E-state index contributed by atoms with van der Waals surface area (Å²) in [5.74, 6) is 0.880. The van der Waals surface area contributed by atoms with E-state index >= 15 is 0 Å². The first-order valence-electron chi connectivity index (χ1n) is 5.49. The van der Waals surface area contributed by atoms with Crippen molar-refractivity contribution in [1.29, 1.82) is 0 Å². The van der Waals surface area contributed by atoms with Crippen molar-refractivity contribution in [2.45, 2.75) is 6.54 Å². The highest BCUT2D eigenvalue weighted by molar-refractivity contribution is 9.10. The summed E-state index contributed by atoms with van der Waals surface area (Å²) in [6.45, 7) is 0.775. The standard InChI is InChI=1S/C13H10BrN3S/c14-9-5-10(18-7-9)6-15-13-11-3-1-2-4-12(11)16-8-17-13/h1-5,7-8H,6H2,(H,15,16,17). The molecule has 1 aromatic carbocycles. The summed E-state index contributed by atoms with van der Waals surface area (Å²) in [5, 5.41) is 6.49. The number of fused-ring (bicyclic) bond motifs is 1. The zero-order valence-electron chi connectivity index (χ0n) is 9.43. The molecule has 0 aliphatic carbocycles. The smallest absolute Gasteiger partial charge is 0.137 e. The third-order valence-corrected chi connectivity index (χ3v) is 4.29. The number of rotatable bonds is 3. The fraction of sp³-hybridized carbons (Fsp3) is 0.0769. The molecule has 90 valence electrons. The van der Waals surface area contributed by atoms with Gasteiger partial charge in [0.15, 0.2) is 0 Å². The number of anilines is 1. The van der Waals surface area contributed by atoms with E-state index < -0.39 is 0 Å². The lowest BCUT2D eigenvalue weighted by Crippen LogP contribution is -2.00. The number of aromatic nitrogens is 2. The second-order valence-electron chi connectivity index (χ2n) is 3.82. The van der Waals surface area contributed by atoms with Crippen molar-refractivity contribution in [3.63, 3.8) is 0 Å². The molecule has 0 aliphatic rings. The molecule has 18 heavy (non-hydrogen) atoms. The van der Waals surface area contributed by atoms with Crippen LogP contribution in [0.5, 0.6) is 0 Å². The van der Waals surface area contributed by atoms with Crippen LogP contribution in [-0.2, 0) is 6.54 Å². The highest BCUT2D eigenvalue weighted by Gasteiger charge is 2.03. The summed E-state index contributed by atoms with van der Waals surface area (Å²) in [6, 6.07) is 10.1. The first kappa shape index (κ1) is 11.6. The van der Waals surface area contributed by atoms with Gasteiger partial charge in [-0.15, -0.1) is 11.3 Å². The van der Waals surface area contributed by atoms with Gasteiger partial charge >= 0.3 is 0 Å². The lowest BCUT2D eigenvalue weighted by Gasteiger charge is -2.06. The van der Waals surface area contributed by atoms with E-state index in [9.17, 15) is 0 Å². The predicted octanol–water partition coefficient (Wildman–Crippen LogP) is 4.07. The largest absolute Gasteiger partial charge is 0.365 e. The van der Waals surface area contributed by atoms with E-state index in [1.165, 1.54) is 4.88 Å². The Balaban J connectivity index is 1.86. The second kappa shape index (κ2) is 5.04. The van der Waals surface area contributed by atoms with Gasteiger partial charge in [-0.25, -0.2) is 9.97 Å². The zero-order valence-corrected chi connectivity index (χ0v) is 11.8. The molecule has 0 atom stereocenters. The van der Waals surface area contributed by atoms with Crippen molar-refractivity contribution in [1.82, 2.24) is 9.97 Å². The molecule has 3 rings (SSSR count). The maximum Gasteiger partial charge on any atom is 0.137 e. The Labute approximate surface area is 117 Å². The SMILES string of the molecule is Brc1csc(CNc2ncnc3ccccc23)c1. The minimum atomic E-state index is 0.775. The van der Waals surface area contributed by atoms with Crippen molar-refractivity contribution in [3.05, 3.63) is 51.4 Å². The number of nitrogens with zero attached hydrogens (tertiary/aromatic N) is 2. The van der Waals surface area contributed by atoms with Gasteiger partial charge in [0.1, 0.15) is 12.1 Å². The molecule has 0 aliphatic heterocycles. The van der Waals surface area contributed by atoms with E-state index in [4.69, 9.17) is 0 Å². The highest BCUT2D eigenvalue weighted by atomic mass is 79.9. The van der Waals surface area contributed by atoms with E-state index in [1.54, 1.807) is 17.7 Å². The average molecular weight is 320 g/mol. The number of para-hydroxylation sites is 1. The van der Waals surface area contributed by atoms with Gasteiger partial charge in [-0.2, -0.15) is 0 Å². The molecule has 1 N–H and O–H groups in total. The van der Waals surface area contributed by atoms with E-state index in [2.05, 4.69) is 42.7 Å². The van der Waals surface area contributed by atoms with Crippen molar-refractivity contribution in [2.24, 2.45) is 0 Å². The molecule has 3 nitrogen and oxygen atoms in total. The number of hydrogen-bond acceptors (Lipinski definition) is 4. The Bertz CT molecular complexity index is 675. The van der Waals surface area contributed by atoms with Gasteiger partial charge in [0.25, 0.3) is 0 Å². The summed E-state index contributed by atoms with van der Waals surface area (Å²) in [7, 11) is 0. The fourth-order valence-electron chi connectivity index (χ4n) is 1.76. The second-order valence-corrected chi connectivity index (χ2v) is 5.74. The Morgan fingerprint density at radius 1 is 1.22 bits per heavy atom. The molecule has 0 amide bonds. The summed E-state index contributed by atoms with van der Waals surface area (Å²) in [5.41, 5.74) is 0.961. The summed E-state index contributed by atoms with van der Waals surface area (Å²) in [4.78, 5) is 9.81. The normalized spacial score (nSPS) is 10.7. The van der Waals surface area contributed by atoms with Gasteiger partial charge < -0.3 is 5.32 Å². The van der Waals surface area contributed by atoms with E-state index in [-0.39, 0.29) is 0 Å². The molecule has 5 heteroatoms. The quantitative estimate of drug-likeness (QED) is 0.790. The topological polar surface area (TPSA) is 37.8 Å². The van der Waals surface area contributed by atoms with Crippen molar-refractivity contribution >= 4 is 44.0 Å². The number of halogens is 1. The monoisotopic (exact) mass is 319 g/mol. The Kier molecular flexibility index (Phi) is 3.25. The molecule has 2 heterocycles. The van der Waals surface area contributed by atoms with Crippen LogP contribution in [0.1, 0.15) is 4.88 Å². The van der Waals surface area contributed by atoms with Crippen LogP contribution in [0.4, 0.5) is 5.82 Å². The van der Waals surface area contributed by atoms with Gasteiger partial charge in [-0.05, 0) is 34.1 Å². The lowest BCUT2D eigenvalue weighted by molar-refractivity contribution is 1.13.